The molecule has 1 aromatic rings. The average molecular weight is 852 g/mol. The number of halogens is 1. The van der Waals surface area contributed by atoms with Crippen LogP contribution in [0.1, 0.15) is 98.0 Å². The van der Waals surface area contributed by atoms with Crippen molar-refractivity contribution >= 4 is 56.7 Å². The van der Waals surface area contributed by atoms with Crippen molar-refractivity contribution in [1.82, 2.24) is 15.1 Å². The lowest BCUT2D eigenvalue weighted by Crippen LogP contribution is -2.56. The first-order chi connectivity index (χ1) is 27.6. The number of hydrogen-bond donors (Lipinski definition) is 2. The molecule has 0 bridgehead atoms. The van der Waals surface area contributed by atoms with Gasteiger partial charge in [0.05, 0.1) is 25.6 Å². The highest BCUT2D eigenvalue weighted by atomic mass is 35.5. The topological polar surface area (TPSA) is 172 Å². The molecule has 3 rings (SSSR count). The van der Waals surface area contributed by atoms with Gasteiger partial charge in [-0.15, -0.1) is 11.6 Å². The number of nitrogens with one attached hydrogen (secondary N) is 1. The molecule has 0 aromatic heterocycles. The summed E-state index contributed by atoms with van der Waals surface area (Å²) in [4.78, 5) is 57.2. The molecule has 5 amide bonds. The minimum Gasteiger partial charge on any atom is -0.457 e. The molecule has 1 fully saturated rings. The number of hydrogen-bond acceptors (Lipinski definition) is 10. The number of ether oxygens (including phenoxy) is 3. The summed E-state index contributed by atoms with van der Waals surface area (Å²) in [5.74, 6) is -0.757. The number of benzene rings is 1. The van der Waals surface area contributed by atoms with Crippen LogP contribution in [0.25, 0.3) is 5.57 Å². The summed E-state index contributed by atoms with van der Waals surface area (Å²) in [7, 11) is -4.35. The van der Waals surface area contributed by atoms with Gasteiger partial charge in [-0.25, -0.2) is 4.79 Å². The van der Waals surface area contributed by atoms with Crippen molar-refractivity contribution < 1.29 is 46.4 Å². The molecule has 1 aromatic carbocycles. The highest BCUT2D eigenvalue weighted by Crippen LogP contribution is 2.44. The van der Waals surface area contributed by atoms with E-state index >= 15 is 0 Å². The number of urea groups is 1. The molecular formula is C42H63ClN4O10S. The Morgan fingerprint density at radius 3 is 2.16 bits per heavy atom. The van der Waals surface area contributed by atoms with E-state index in [1.165, 1.54) is 12.2 Å². The van der Waals surface area contributed by atoms with Crippen LogP contribution in [-0.4, -0.2) is 117 Å². The summed E-state index contributed by atoms with van der Waals surface area (Å²) in [5, 5.41) is 2.82. The van der Waals surface area contributed by atoms with Gasteiger partial charge in [-0.3, -0.25) is 28.7 Å². The van der Waals surface area contributed by atoms with E-state index in [0.29, 0.717) is 69.6 Å². The molecule has 324 valence electrons. The van der Waals surface area contributed by atoms with Gasteiger partial charge >= 0.3 is 6.03 Å². The van der Waals surface area contributed by atoms with Gasteiger partial charge in [0.1, 0.15) is 17.1 Å². The molecule has 1 saturated heterocycles. The zero-order chi connectivity index (χ0) is 42.7. The van der Waals surface area contributed by atoms with E-state index < -0.39 is 33.7 Å². The zero-order valence-electron chi connectivity index (χ0n) is 34.9. The van der Waals surface area contributed by atoms with Crippen LogP contribution >= 0.6 is 11.6 Å². The average Bonchev–Trinajstić information content (AvgIpc) is 3.16. The summed E-state index contributed by atoms with van der Waals surface area (Å²) < 4.78 is 49.4. The Balaban J connectivity index is 1.63. The summed E-state index contributed by atoms with van der Waals surface area (Å²) in [5.41, 5.74) is 2.36. The van der Waals surface area contributed by atoms with E-state index in [2.05, 4.69) is 50.9 Å². The van der Waals surface area contributed by atoms with Gasteiger partial charge < -0.3 is 24.4 Å². The first-order valence-electron chi connectivity index (χ1n) is 20.4. The van der Waals surface area contributed by atoms with Crippen LogP contribution in [0.2, 0.25) is 0 Å². The number of fused-ring (bicyclic) bond motifs is 1. The van der Waals surface area contributed by atoms with Gasteiger partial charge in [-0.05, 0) is 87.3 Å². The van der Waals surface area contributed by atoms with Gasteiger partial charge in [0.25, 0.3) is 21.9 Å². The van der Waals surface area contributed by atoms with Gasteiger partial charge in [0.15, 0.2) is 0 Å². The third-order valence-electron chi connectivity index (χ3n) is 9.72. The molecule has 0 aliphatic carbocycles. The Morgan fingerprint density at radius 1 is 0.879 bits per heavy atom. The molecule has 2 heterocycles. The molecule has 2 N–H and O–H groups in total. The van der Waals surface area contributed by atoms with Gasteiger partial charge in [-0.2, -0.15) is 8.42 Å². The van der Waals surface area contributed by atoms with Crippen LogP contribution in [0, 0.1) is 5.41 Å². The lowest BCUT2D eigenvalue weighted by atomic mass is 9.80. The number of imide groups is 2. The Bertz CT molecular complexity index is 1750. The molecule has 0 saturated carbocycles. The van der Waals surface area contributed by atoms with Crippen molar-refractivity contribution in [2.45, 2.75) is 92.4 Å². The third kappa shape index (κ3) is 15.8. The molecule has 0 spiro atoms. The zero-order valence-corrected chi connectivity index (χ0v) is 36.4. The lowest BCUT2D eigenvalue weighted by Gasteiger charge is -2.34. The maximum Gasteiger partial charge on any atom is 0.333 e. The first kappa shape index (κ1) is 48.6. The number of carbonyl (C=O) groups is 4. The van der Waals surface area contributed by atoms with E-state index in [1.807, 2.05) is 18.2 Å². The SMILES string of the molecule is CCN(CC)c1ccc2c(c1)O/C(=C\C=C1\C(=O)N(CCCCCC(=O)NCCOCCOCCCCCCCl)C(=O)N(CCCS(=O)(=O)O)C1=O)C=C2C(C)(C)C. The number of nitrogens with zero attached hydrogens (tertiary/aromatic N) is 3. The standard InChI is InChI=1S/C42H63ClN4O10S/c1-6-45(7-2)32-17-19-34-36(42(3,4)5)31-33(57-37(34)30-32)18-20-35-39(49)46(41(51)47(40(35)50)24-15-29-58(52,53)54)23-13-10-11-16-38(48)44-22-26-56-28-27-55-25-14-9-8-12-21-43/h17-20,30-31H,6-16,21-29H2,1-5H3,(H,44,48)(H,52,53,54)/b33-18-,35-20-. The summed E-state index contributed by atoms with van der Waals surface area (Å²) in [6, 6.07) is 5.20. The van der Waals surface area contributed by atoms with Gasteiger partial charge in [0, 0.05) is 68.9 Å². The van der Waals surface area contributed by atoms with Crippen molar-refractivity contribution in [1.29, 1.82) is 0 Å². The fraction of sp³-hybridized carbons (Fsp3) is 0.619. The molecular weight excluding hydrogens is 788 g/mol. The van der Waals surface area contributed by atoms with Crippen molar-refractivity contribution in [2.75, 3.05) is 75.7 Å². The van der Waals surface area contributed by atoms with Gasteiger partial charge in [-0.1, -0.05) is 40.0 Å². The van der Waals surface area contributed by atoms with E-state index in [9.17, 15) is 32.1 Å². The second kappa shape index (κ2) is 24.4. The number of barbiturate groups is 1. The number of alkyl halides is 1. The largest absolute Gasteiger partial charge is 0.457 e. The summed E-state index contributed by atoms with van der Waals surface area (Å²) in [6.45, 7) is 14.0. The number of amides is 5. The minimum absolute atomic E-state index is 0.0231. The summed E-state index contributed by atoms with van der Waals surface area (Å²) in [6.07, 6.45) is 10.4. The Kier molecular flexibility index (Phi) is 20.4. The van der Waals surface area contributed by atoms with Crippen LogP contribution in [0.5, 0.6) is 5.75 Å². The molecule has 2 aliphatic rings. The third-order valence-corrected chi connectivity index (χ3v) is 10.8. The fourth-order valence-electron chi connectivity index (χ4n) is 6.55. The van der Waals surface area contributed by atoms with Crippen LogP contribution in [0.15, 0.2) is 47.8 Å². The second-order valence-corrected chi connectivity index (χ2v) is 17.2. The smallest absolute Gasteiger partial charge is 0.333 e. The molecule has 0 atom stereocenters. The van der Waals surface area contributed by atoms with E-state index in [1.54, 1.807) is 0 Å². The van der Waals surface area contributed by atoms with E-state index in [-0.39, 0.29) is 42.8 Å². The molecule has 14 nitrogen and oxygen atoms in total. The van der Waals surface area contributed by atoms with Crippen LogP contribution in [0.4, 0.5) is 10.5 Å². The number of anilines is 1. The first-order valence-corrected chi connectivity index (χ1v) is 22.6. The van der Waals surface area contributed by atoms with Gasteiger partial charge in [0.2, 0.25) is 5.91 Å². The molecule has 16 heteroatoms. The monoisotopic (exact) mass is 850 g/mol. The van der Waals surface area contributed by atoms with Crippen LogP contribution in [0.3, 0.4) is 0 Å². The maximum atomic E-state index is 13.7. The summed E-state index contributed by atoms with van der Waals surface area (Å²) >= 11 is 5.68. The Hall–Kier alpha value is -3.76. The second-order valence-electron chi connectivity index (χ2n) is 15.2. The number of unbranched alkanes of at least 4 members (excludes halogenated alkanes) is 5. The fourth-order valence-corrected chi connectivity index (χ4v) is 7.23. The lowest BCUT2D eigenvalue weighted by molar-refractivity contribution is -0.136. The number of allylic oxidation sites excluding steroid dienone is 4. The quantitative estimate of drug-likeness (QED) is 0.0333. The van der Waals surface area contributed by atoms with Crippen LogP contribution in [-0.2, 0) is 34.0 Å². The number of carbonyl (C=O) groups excluding carboxylic acids is 4. The highest BCUT2D eigenvalue weighted by Gasteiger charge is 2.41. The van der Waals surface area contributed by atoms with Crippen molar-refractivity contribution in [2.24, 2.45) is 5.41 Å². The van der Waals surface area contributed by atoms with E-state index in [4.69, 9.17) is 25.8 Å². The molecule has 58 heavy (non-hydrogen) atoms. The predicted molar refractivity (Wildman–Crippen MR) is 226 cm³/mol. The van der Waals surface area contributed by atoms with Crippen molar-refractivity contribution in [3.8, 4) is 5.75 Å². The van der Waals surface area contributed by atoms with Crippen LogP contribution < -0.4 is 15.0 Å². The molecule has 0 radical (unpaired) electrons. The molecule has 0 unspecified atom stereocenters. The number of rotatable bonds is 26. The predicted octanol–water partition coefficient (Wildman–Crippen LogP) is 6.74. The Morgan fingerprint density at radius 2 is 1.52 bits per heavy atom. The van der Waals surface area contributed by atoms with Crippen molar-refractivity contribution in [3.63, 3.8) is 0 Å². The maximum absolute atomic E-state index is 13.7. The van der Waals surface area contributed by atoms with E-state index in [0.717, 1.165) is 65.4 Å². The highest BCUT2D eigenvalue weighted by molar-refractivity contribution is 7.85. The Labute approximate surface area is 349 Å². The normalized spacial score (nSPS) is 16.2. The molecule has 2 aliphatic heterocycles. The minimum atomic E-state index is -4.35. The van der Waals surface area contributed by atoms with Crippen molar-refractivity contribution in [3.05, 3.63) is 53.3 Å².